The van der Waals surface area contributed by atoms with Gasteiger partial charge in [0.25, 0.3) is 5.69 Å². The van der Waals surface area contributed by atoms with Gasteiger partial charge in [-0.2, -0.15) is 0 Å². The Morgan fingerprint density at radius 1 is 1.13 bits per heavy atom. The number of ether oxygens (including phenoxy) is 2. The summed E-state index contributed by atoms with van der Waals surface area (Å²) in [7, 11) is 1.42. The number of aliphatic hydroxyl groups excluding tert-OH is 2. The molecule has 0 aromatic heterocycles. The first-order chi connectivity index (χ1) is 14.5. The van der Waals surface area contributed by atoms with Crippen molar-refractivity contribution in [1.29, 1.82) is 0 Å². The van der Waals surface area contributed by atoms with Crippen molar-refractivity contribution in [1.82, 2.24) is 0 Å². The largest absolute Gasteiger partial charge is 0.496 e. The zero-order chi connectivity index (χ0) is 21.9. The second-order valence-corrected chi connectivity index (χ2v) is 6.25. The van der Waals surface area contributed by atoms with Gasteiger partial charge in [0.1, 0.15) is 5.75 Å². The zero-order valence-corrected chi connectivity index (χ0v) is 16.6. The number of carbonyl (C=O) groups excluding carboxylic acids is 1. The first-order valence-corrected chi connectivity index (χ1v) is 9.30. The first-order valence-electron chi connectivity index (χ1n) is 9.30. The molecule has 2 rings (SSSR count). The van der Waals surface area contributed by atoms with Crippen LogP contribution in [0.4, 0.5) is 21.9 Å². The standard InChI is InChI=1S/C20H25N3O7/c1-29-19-14-18(23(27)28)5-2-15(19)8-13-30-20(26)21-16-3-6-17(7-4-16)22(9-11-24)10-12-25/h2-7,14,24-25H,8-13H2,1H3,(H,21,26). The van der Waals surface area contributed by atoms with Gasteiger partial charge in [-0.05, 0) is 35.9 Å². The van der Waals surface area contributed by atoms with Gasteiger partial charge in [0.2, 0.25) is 0 Å². The number of anilines is 2. The van der Waals surface area contributed by atoms with E-state index in [4.69, 9.17) is 19.7 Å². The minimum absolute atomic E-state index is 0.0358. The molecule has 10 nitrogen and oxygen atoms in total. The summed E-state index contributed by atoms with van der Waals surface area (Å²) in [5, 5.41) is 31.6. The molecule has 0 fully saturated rings. The van der Waals surface area contributed by atoms with E-state index in [1.54, 1.807) is 30.3 Å². The molecule has 2 aromatic rings. The lowest BCUT2D eigenvalue weighted by molar-refractivity contribution is -0.384. The normalized spacial score (nSPS) is 10.4. The van der Waals surface area contributed by atoms with Gasteiger partial charge in [-0.15, -0.1) is 0 Å². The van der Waals surface area contributed by atoms with E-state index in [9.17, 15) is 14.9 Å². The fourth-order valence-corrected chi connectivity index (χ4v) is 2.83. The average molecular weight is 419 g/mol. The fourth-order valence-electron chi connectivity index (χ4n) is 2.83. The molecular formula is C20H25N3O7. The van der Waals surface area contributed by atoms with E-state index >= 15 is 0 Å². The molecule has 0 aliphatic carbocycles. The maximum Gasteiger partial charge on any atom is 0.411 e. The number of nitrogens with one attached hydrogen (secondary N) is 1. The van der Waals surface area contributed by atoms with Crippen molar-refractivity contribution >= 4 is 23.2 Å². The predicted molar refractivity (Wildman–Crippen MR) is 111 cm³/mol. The summed E-state index contributed by atoms with van der Waals surface area (Å²) in [5.74, 6) is 0.360. The van der Waals surface area contributed by atoms with Crippen LogP contribution in [-0.2, 0) is 11.2 Å². The second-order valence-electron chi connectivity index (χ2n) is 6.25. The van der Waals surface area contributed by atoms with Crippen molar-refractivity contribution in [3.8, 4) is 5.75 Å². The van der Waals surface area contributed by atoms with Crippen molar-refractivity contribution in [3.05, 3.63) is 58.1 Å². The smallest absolute Gasteiger partial charge is 0.411 e. The van der Waals surface area contributed by atoms with E-state index in [1.165, 1.54) is 19.2 Å². The minimum Gasteiger partial charge on any atom is -0.496 e. The van der Waals surface area contributed by atoms with Crippen LogP contribution in [0.5, 0.6) is 5.75 Å². The molecule has 30 heavy (non-hydrogen) atoms. The van der Waals surface area contributed by atoms with E-state index < -0.39 is 11.0 Å². The van der Waals surface area contributed by atoms with Crippen LogP contribution in [0.3, 0.4) is 0 Å². The zero-order valence-electron chi connectivity index (χ0n) is 16.6. The Morgan fingerprint density at radius 2 is 1.80 bits per heavy atom. The highest BCUT2D eigenvalue weighted by molar-refractivity contribution is 5.84. The van der Waals surface area contributed by atoms with Crippen LogP contribution in [-0.4, -0.2) is 61.2 Å². The Kier molecular flexibility index (Phi) is 8.85. The average Bonchev–Trinajstić information content (AvgIpc) is 2.74. The SMILES string of the molecule is COc1cc([N+](=O)[O-])ccc1CCOC(=O)Nc1ccc(N(CCO)CCO)cc1. The summed E-state index contributed by atoms with van der Waals surface area (Å²) in [6.45, 7) is 0.777. The third-order valence-electron chi connectivity index (χ3n) is 4.30. The molecule has 0 spiro atoms. The number of nitro groups is 1. The Labute approximate surface area is 173 Å². The monoisotopic (exact) mass is 419 g/mol. The summed E-state index contributed by atoms with van der Waals surface area (Å²) in [6, 6.07) is 11.2. The van der Waals surface area contributed by atoms with Gasteiger partial charge in [0.05, 0.1) is 37.9 Å². The maximum atomic E-state index is 12.0. The van der Waals surface area contributed by atoms with Crippen molar-refractivity contribution in [2.75, 3.05) is 50.2 Å². The summed E-state index contributed by atoms with van der Waals surface area (Å²) in [4.78, 5) is 24.1. The molecule has 3 N–H and O–H groups in total. The van der Waals surface area contributed by atoms with E-state index in [-0.39, 0.29) is 25.5 Å². The van der Waals surface area contributed by atoms with Gasteiger partial charge < -0.3 is 24.6 Å². The van der Waals surface area contributed by atoms with Gasteiger partial charge in [-0.1, -0.05) is 0 Å². The number of benzene rings is 2. The molecule has 0 saturated heterocycles. The quantitative estimate of drug-likeness (QED) is 0.373. The lowest BCUT2D eigenvalue weighted by Crippen LogP contribution is -2.29. The molecule has 10 heteroatoms. The number of nitro benzene ring substituents is 1. The third kappa shape index (κ3) is 6.61. The summed E-state index contributed by atoms with van der Waals surface area (Å²) >= 11 is 0. The van der Waals surface area contributed by atoms with Crippen molar-refractivity contribution in [2.24, 2.45) is 0 Å². The summed E-state index contributed by atoms with van der Waals surface area (Å²) in [5.41, 5.74) is 1.95. The first kappa shape index (κ1) is 22.9. The summed E-state index contributed by atoms with van der Waals surface area (Å²) in [6.07, 6.45) is -0.295. The Morgan fingerprint density at radius 3 is 2.37 bits per heavy atom. The molecule has 2 aromatic carbocycles. The topological polar surface area (TPSA) is 134 Å². The van der Waals surface area contributed by atoms with Gasteiger partial charge in [0.15, 0.2) is 0 Å². The molecular weight excluding hydrogens is 394 g/mol. The number of nitrogens with zero attached hydrogens (tertiary/aromatic N) is 2. The van der Waals surface area contributed by atoms with Crippen LogP contribution >= 0.6 is 0 Å². The fraction of sp³-hybridized carbons (Fsp3) is 0.350. The van der Waals surface area contributed by atoms with E-state index in [0.29, 0.717) is 36.5 Å². The molecule has 0 aliphatic rings. The van der Waals surface area contributed by atoms with Crippen LogP contribution in [0, 0.1) is 10.1 Å². The Bertz CT molecular complexity index is 837. The van der Waals surface area contributed by atoms with Crippen LogP contribution in [0.25, 0.3) is 0 Å². The number of carbonyl (C=O) groups is 1. The van der Waals surface area contributed by atoms with Crippen LogP contribution in [0.15, 0.2) is 42.5 Å². The highest BCUT2D eigenvalue weighted by atomic mass is 16.6. The number of methoxy groups -OCH3 is 1. The molecule has 0 saturated carbocycles. The number of non-ortho nitro benzene ring substituents is 1. The second kappa shape index (κ2) is 11.6. The molecule has 1 amide bonds. The van der Waals surface area contributed by atoms with Crippen molar-refractivity contribution in [2.45, 2.75) is 6.42 Å². The third-order valence-corrected chi connectivity index (χ3v) is 4.30. The number of amides is 1. The lowest BCUT2D eigenvalue weighted by Gasteiger charge is -2.23. The summed E-state index contributed by atoms with van der Waals surface area (Å²) < 4.78 is 10.3. The molecule has 0 unspecified atom stereocenters. The van der Waals surface area contributed by atoms with Gasteiger partial charge in [-0.3, -0.25) is 15.4 Å². The maximum absolute atomic E-state index is 12.0. The predicted octanol–water partition coefficient (Wildman–Crippen LogP) is 2.19. The van der Waals surface area contributed by atoms with Gasteiger partial charge in [-0.25, -0.2) is 4.79 Å². The van der Waals surface area contributed by atoms with E-state index in [0.717, 1.165) is 5.69 Å². The van der Waals surface area contributed by atoms with Crippen molar-refractivity contribution < 1.29 is 29.4 Å². The molecule has 0 atom stereocenters. The van der Waals surface area contributed by atoms with Crippen LogP contribution in [0.1, 0.15) is 5.56 Å². The highest BCUT2D eigenvalue weighted by Crippen LogP contribution is 2.25. The lowest BCUT2D eigenvalue weighted by atomic mass is 10.1. The Hall–Kier alpha value is -3.37. The van der Waals surface area contributed by atoms with Crippen molar-refractivity contribution in [3.63, 3.8) is 0 Å². The highest BCUT2D eigenvalue weighted by Gasteiger charge is 2.12. The van der Waals surface area contributed by atoms with E-state index in [1.807, 2.05) is 4.90 Å². The van der Waals surface area contributed by atoms with Gasteiger partial charge in [0, 0.05) is 37.0 Å². The molecule has 162 valence electrons. The number of hydrogen-bond acceptors (Lipinski definition) is 8. The molecule has 0 radical (unpaired) electrons. The molecule has 0 aliphatic heterocycles. The van der Waals surface area contributed by atoms with Crippen LogP contribution < -0.4 is 15.0 Å². The molecule has 0 bridgehead atoms. The molecule has 0 heterocycles. The van der Waals surface area contributed by atoms with E-state index in [2.05, 4.69) is 5.32 Å². The Balaban J connectivity index is 1.87. The van der Waals surface area contributed by atoms with Crippen LogP contribution in [0.2, 0.25) is 0 Å². The minimum atomic E-state index is -0.633. The number of aliphatic hydroxyl groups is 2. The number of rotatable bonds is 11. The van der Waals surface area contributed by atoms with Gasteiger partial charge >= 0.3 is 6.09 Å². The number of hydrogen-bond donors (Lipinski definition) is 3.